The minimum Gasteiger partial charge on any atom is -0.384 e. The molecule has 0 spiro atoms. The summed E-state index contributed by atoms with van der Waals surface area (Å²) in [5.41, 5.74) is 0.0749. The number of hydrogen-bond acceptors (Lipinski definition) is 5. The molecule has 4 nitrogen and oxygen atoms in total. The highest BCUT2D eigenvalue weighted by molar-refractivity contribution is 7.18. The molecule has 1 N–H and O–H groups in total. The van der Waals surface area contributed by atoms with Gasteiger partial charge in [-0.1, -0.05) is 0 Å². The first-order valence-corrected chi connectivity index (χ1v) is 7.54. The van der Waals surface area contributed by atoms with E-state index < -0.39 is 24.4 Å². The SMILES string of the molecule is OC1(c2cc3ccc(-c4cncnc4)nc3s2)CC(F)(F)C1. The number of aliphatic hydroxyl groups is 1. The molecule has 3 aromatic rings. The van der Waals surface area contributed by atoms with Crippen molar-refractivity contribution in [2.24, 2.45) is 0 Å². The fourth-order valence-electron chi connectivity index (χ4n) is 2.72. The maximum Gasteiger partial charge on any atom is 0.254 e. The molecule has 3 heterocycles. The molecule has 3 aromatic heterocycles. The van der Waals surface area contributed by atoms with Gasteiger partial charge in [0.1, 0.15) is 16.8 Å². The molecule has 0 radical (unpaired) electrons. The van der Waals surface area contributed by atoms with Crippen molar-refractivity contribution < 1.29 is 13.9 Å². The van der Waals surface area contributed by atoms with Gasteiger partial charge in [0, 0.05) is 41.1 Å². The van der Waals surface area contributed by atoms with E-state index in [1.165, 1.54) is 17.7 Å². The molecule has 0 bridgehead atoms. The topological polar surface area (TPSA) is 58.9 Å². The Hall–Kier alpha value is -1.99. The Labute approximate surface area is 128 Å². The van der Waals surface area contributed by atoms with Crippen LogP contribution < -0.4 is 0 Å². The zero-order chi connectivity index (χ0) is 15.4. The number of rotatable bonds is 2. The smallest absolute Gasteiger partial charge is 0.254 e. The minimum absolute atomic E-state index is 0.522. The molecular weight excluding hydrogens is 308 g/mol. The zero-order valence-electron chi connectivity index (χ0n) is 11.3. The molecule has 7 heteroatoms. The van der Waals surface area contributed by atoms with Crippen LogP contribution in [0.3, 0.4) is 0 Å². The highest BCUT2D eigenvalue weighted by Gasteiger charge is 2.57. The van der Waals surface area contributed by atoms with Gasteiger partial charge in [-0.15, -0.1) is 11.3 Å². The molecule has 0 aliphatic heterocycles. The molecule has 0 unspecified atom stereocenters. The van der Waals surface area contributed by atoms with Crippen molar-refractivity contribution in [3.63, 3.8) is 0 Å². The highest BCUT2D eigenvalue weighted by atomic mass is 32.1. The van der Waals surface area contributed by atoms with Crippen LogP contribution in [0.1, 0.15) is 17.7 Å². The molecule has 0 saturated heterocycles. The molecule has 1 fully saturated rings. The van der Waals surface area contributed by atoms with Crippen LogP contribution in [0.2, 0.25) is 0 Å². The van der Waals surface area contributed by atoms with Crippen LogP contribution in [0.4, 0.5) is 8.78 Å². The second-order valence-electron chi connectivity index (χ2n) is 5.57. The van der Waals surface area contributed by atoms with E-state index in [1.807, 2.05) is 12.1 Å². The highest BCUT2D eigenvalue weighted by Crippen LogP contribution is 2.53. The Balaban J connectivity index is 1.73. The molecular formula is C15H11F2N3OS. The number of fused-ring (bicyclic) bond motifs is 1. The van der Waals surface area contributed by atoms with Gasteiger partial charge in [-0.05, 0) is 18.2 Å². The van der Waals surface area contributed by atoms with Crippen molar-refractivity contribution in [3.05, 3.63) is 41.8 Å². The van der Waals surface area contributed by atoms with Crippen LogP contribution in [-0.2, 0) is 5.60 Å². The van der Waals surface area contributed by atoms with E-state index in [4.69, 9.17) is 0 Å². The fourth-order valence-corrected chi connectivity index (χ4v) is 3.83. The monoisotopic (exact) mass is 319 g/mol. The van der Waals surface area contributed by atoms with Crippen LogP contribution in [0.15, 0.2) is 36.9 Å². The second kappa shape index (κ2) is 4.50. The van der Waals surface area contributed by atoms with Gasteiger partial charge >= 0.3 is 0 Å². The van der Waals surface area contributed by atoms with Crippen molar-refractivity contribution in [1.29, 1.82) is 0 Å². The molecule has 4 rings (SSSR count). The van der Waals surface area contributed by atoms with Gasteiger partial charge in [-0.3, -0.25) is 0 Å². The van der Waals surface area contributed by atoms with Crippen LogP contribution >= 0.6 is 11.3 Å². The summed E-state index contributed by atoms with van der Waals surface area (Å²) in [5, 5.41) is 11.1. The summed E-state index contributed by atoms with van der Waals surface area (Å²) in [6.45, 7) is 0. The lowest BCUT2D eigenvalue weighted by atomic mass is 9.75. The third-order valence-electron chi connectivity index (χ3n) is 3.80. The van der Waals surface area contributed by atoms with Gasteiger partial charge in [0.15, 0.2) is 0 Å². The number of thiophene rings is 1. The maximum atomic E-state index is 13.1. The van der Waals surface area contributed by atoms with Crippen molar-refractivity contribution >= 4 is 21.6 Å². The van der Waals surface area contributed by atoms with Crippen molar-refractivity contribution in [1.82, 2.24) is 15.0 Å². The van der Waals surface area contributed by atoms with Crippen molar-refractivity contribution in [3.8, 4) is 11.3 Å². The normalized spacial score (nSPS) is 19.0. The van der Waals surface area contributed by atoms with E-state index >= 15 is 0 Å². The lowest BCUT2D eigenvalue weighted by Crippen LogP contribution is -2.48. The number of alkyl halides is 2. The molecule has 1 aliphatic carbocycles. The van der Waals surface area contributed by atoms with Crippen LogP contribution in [0.5, 0.6) is 0 Å². The maximum absolute atomic E-state index is 13.1. The van der Waals surface area contributed by atoms with E-state index in [-0.39, 0.29) is 0 Å². The lowest BCUT2D eigenvalue weighted by molar-refractivity contribution is -0.208. The predicted octanol–water partition coefficient (Wildman–Crippen LogP) is 3.37. The first kappa shape index (κ1) is 13.7. The third-order valence-corrected chi connectivity index (χ3v) is 5.04. The van der Waals surface area contributed by atoms with Gasteiger partial charge in [-0.2, -0.15) is 0 Å². The van der Waals surface area contributed by atoms with Crippen LogP contribution in [0, 0.1) is 0 Å². The summed E-state index contributed by atoms with van der Waals surface area (Å²) in [7, 11) is 0. The quantitative estimate of drug-likeness (QED) is 0.787. The summed E-state index contributed by atoms with van der Waals surface area (Å²) in [6, 6.07) is 5.44. The average molecular weight is 319 g/mol. The first-order chi connectivity index (χ1) is 10.5. The van der Waals surface area contributed by atoms with Gasteiger partial charge in [0.2, 0.25) is 0 Å². The van der Waals surface area contributed by atoms with Gasteiger partial charge < -0.3 is 5.11 Å². The van der Waals surface area contributed by atoms with E-state index in [2.05, 4.69) is 15.0 Å². The molecule has 112 valence electrons. The summed E-state index contributed by atoms with van der Waals surface area (Å²) < 4.78 is 26.2. The lowest BCUT2D eigenvalue weighted by Gasteiger charge is -2.42. The molecule has 1 saturated carbocycles. The van der Waals surface area contributed by atoms with Crippen molar-refractivity contribution in [2.45, 2.75) is 24.4 Å². The number of pyridine rings is 1. The molecule has 1 aliphatic rings. The fraction of sp³-hybridized carbons (Fsp3) is 0.267. The molecule has 0 atom stereocenters. The summed E-state index contributed by atoms with van der Waals surface area (Å²) in [4.78, 5) is 13.7. The molecule has 22 heavy (non-hydrogen) atoms. The second-order valence-corrected chi connectivity index (χ2v) is 6.60. The Bertz CT molecular complexity index is 842. The Morgan fingerprint density at radius 2 is 1.86 bits per heavy atom. The third kappa shape index (κ3) is 2.17. The Morgan fingerprint density at radius 1 is 1.14 bits per heavy atom. The first-order valence-electron chi connectivity index (χ1n) is 6.72. The van der Waals surface area contributed by atoms with Gasteiger partial charge in [0.05, 0.1) is 5.69 Å². The van der Waals surface area contributed by atoms with E-state index in [9.17, 15) is 13.9 Å². The van der Waals surface area contributed by atoms with Crippen LogP contribution in [-0.4, -0.2) is 26.0 Å². The molecule has 0 amide bonds. The minimum atomic E-state index is -2.77. The average Bonchev–Trinajstić information content (AvgIpc) is 2.89. The standard InChI is InChI=1S/C15H11F2N3OS/c16-15(17)6-14(21,7-15)12-3-9-1-2-11(20-13(9)22-12)10-4-18-8-19-5-10/h1-5,8,21H,6-7H2. The van der Waals surface area contributed by atoms with Crippen molar-refractivity contribution in [2.75, 3.05) is 0 Å². The van der Waals surface area contributed by atoms with E-state index in [1.54, 1.807) is 18.5 Å². The largest absolute Gasteiger partial charge is 0.384 e. The number of aromatic nitrogens is 3. The summed E-state index contributed by atoms with van der Waals surface area (Å²) in [5.74, 6) is -2.77. The molecule has 0 aromatic carbocycles. The van der Waals surface area contributed by atoms with Gasteiger partial charge in [-0.25, -0.2) is 23.7 Å². The number of halogens is 2. The summed E-state index contributed by atoms with van der Waals surface area (Å²) in [6.07, 6.45) is 3.72. The predicted molar refractivity (Wildman–Crippen MR) is 78.7 cm³/mol. The van der Waals surface area contributed by atoms with Gasteiger partial charge in [0.25, 0.3) is 5.92 Å². The Kier molecular flexibility index (Phi) is 2.79. The van der Waals surface area contributed by atoms with Crippen LogP contribution in [0.25, 0.3) is 21.5 Å². The zero-order valence-corrected chi connectivity index (χ0v) is 12.1. The summed E-state index contributed by atoms with van der Waals surface area (Å²) >= 11 is 1.25. The van der Waals surface area contributed by atoms with E-state index in [0.29, 0.717) is 15.4 Å². The number of hydrogen-bond donors (Lipinski definition) is 1. The number of nitrogens with zero attached hydrogens (tertiary/aromatic N) is 3. The van der Waals surface area contributed by atoms with E-state index in [0.717, 1.165) is 10.9 Å². The Morgan fingerprint density at radius 3 is 2.55 bits per heavy atom.